The van der Waals surface area contributed by atoms with E-state index in [0.29, 0.717) is 5.56 Å². The summed E-state index contributed by atoms with van der Waals surface area (Å²) in [6.07, 6.45) is 0. The van der Waals surface area contributed by atoms with E-state index in [0.717, 1.165) is 0 Å². The van der Waals surface area contributed by atoms with Gasteiger partial charge < -0.3 is 0 Å². The minimum Gasteiger partial charge on any atom is -0.222 e. The first-order valence-corrected chi connectivity index (χ1v) is 5.58. The van der Waals surface area contributed by atoms with E-state index < -0.39 is 15.0 Å². The Kier molecular flexibility index (Phi) is 2.91. The van der Waals surface area contributed by atoms with E-state index in [1.54, 1.807) is 0 Å². The molecule has 0 amide bonds. The zero-order valence-electron chi connectivity index (χ0n) is 6.57. The molecule has 0 heterocycles. The Morgan fingerprint density at radius 3 is 2.23 bits per heavy atom. The molecule has 0 radical (unpaired) electrons. The zero-order valence-corrected chi connectivity index (χ0v) is 8.14. The molecule has 1 aromatic rings. The van der Waals surface area contributed by atoms with Gasteiger partial charge in [-0.1, -0.05) is 0 Å². The lowest BCUT2D eigenvalue weighted by Gasteiger charge is -1.98. The lowest BCUT2D eigenvalue weighted by atomic mass is 10.2. The first kappa shape index (κ1) is 10.0. The number of rotatable bonds is 2. The Morgan fingerprint density at radius 1 is 1.31 bits per heavy atom. The van der Waals surface area contributed by atoms with Crippen LogP contribution in [-0.2, 0) is 9.84 Å². The molecule has 0 atom stereocenters. The second kappa shape index (κ2) is 3.77. The maximum atomic E-state index is 11.2. The van der Waals surface area contributed by atoms with E-state index in [-0.39, 0.29) is 4.90 Å². The van der Waals surface area contributed by atoms with E-state index in [2.05, 4.69) is 0 Å². The van der Waals surface area contributed by atoms with Crippen LogP contribution < -0.4 is 0 Å². The van der Waals surface area contributed by atoms with E-state index in [9.17, 15) is 8.42 Å². The molecule has 13 heavy (non-hydrogen) atoms. The molecule has 0 aliphatic heterocycles. The van der Waals surface area contributed by atoms with Gasteiger partial charge in [0, 0.05) is 0 Å². The molecule has 0 bridgehead atoms. The molecule has 1 rings (SSSR count). The summed E-state index contributed by atoms with van der Waals surface area (Å²) in [6, 6.07) is 7.53. The highest BCUT2D eigenvalue weighted by Gasteiger charge is 2.11. The van der Waals surface area contributed by atoms with Gasteiger partial charge in [0.25, 0.3) is 0 Å². The van der Waals surface area contributed by atoms with Gasteiger partial charge in [0.2, 0.25) is 0 Å². The number of alkyl halides is 1. The normalized spacial score (nSPS) is 10.8. The maximum Gasteiger partial charge on any atom is 0.192 e. The van der Waals surface area contributed by atoms with Crippen molar-refractivity contribution >= 4 is 21.4 Å². The highest BCUT2D eigenvalue weighted by atomic mass is 35.5. The van der Waals surface area contributed by atoms with Gasteiger partial charge >= 0.3 is 0 Å². The summed E-state index contributed by atoms with van der Waals surface area (Å²) < 4.78 is 22.4. The van der Waals surface area contributed by atoms with E-state index in [1.807, 2.05) is 6.07 Å². The molecule has 0 aliphatic carbocycles. The van der Waals surface area contributed by atoms with Gasteiger partial charge in [0.1, 0.15) is 5.21 Å². The van der Waals surface area contributed by atoms with Crippen LogP contribution >= 0.6 is 11.6 Å². The van der Waals surface area contributed by atoms with Crippen molar-refractivity contribution in [3.8, 4) is 6.07 Å². The molecule has 0 N–H and O–H groups in total. The number of hydrogen-bond donors (Lipinski definition) is 0. The van der Waals surface area contributed by atoms with Crippen LogP contribution in [0.15, 0.2) is 29.2 Å². The second-order valence-electron chi connectivity index (χ2n) is 2.36. The van der Waals surface area contributed by atoms with Crippen LogP contribution in [0.2, 0.25) is 0 Å². The Morgan fingerprint density at radius 2 is 1.85 bits per heavy atom. The van der Waals surface area contributed by atoms with Crippen LogP contribution in [0.25, 0.3) is 0 Å². The van der Waals surface area contributed by atoms with Gasteiger partial charge in [0.15, 0.2) is 9.84 Å². The van der Waals surface area contributed by atoms with Crippen molar-refractivity contribution in [3.63, 3.8) is 0 Å². The predicted octanol–water partition coefficient (Wildman–Crippen LogP) is 1.53. The maximum absolute atomic E-state index is 11.2. The molecule has 5 heteroatoms. The summed E-state index contributed by atoms with van der Waals surface area (Å²) in [5.74, 6) is 0. The van der Waals surface area contributed by atoms with Crippen molar-refractivity contribution in [2.24, 2.45) is 0 Å². The lowest BCUT2D eigenvalue weighted by molar-refractivity contribution is 0.600. The summed E-state index contributed by atoms with van der Waals surface area (Å²) in [7, 11) is -3.37. The summed E-state index contributed by atoms with van der Waals surface area (Å²) in [4.78, 5) is 0.140. The van der Waals surface area contributed by atoms with Crippen LogP contribution in [0, 0.1) is 11.3 Å². The Hall–Kier alpha value is -1.05. The van der Waals surface area contributed by atoms with Crippen LogP contribution in [-0.4, -0.2) is 13.6 Å². The minimum atomic E-state index is -3.37. The molecule has 0 aromatic heterocycles. The minimum absolute atomic E-state index is 0.140. The fraction of sp³-hybridized carbons (Fsp3) is 0.125. The SMILES string of the molecule is N#Cc1ccc(S(=O)(=O)CCl)cc1. The fourth-order valence-electron chi connectivity index (χ4n) is 0.800. The van der Waals surface area contributed by atoms with Crippen molar-refractivity contribution in [2.75, 3.05) is 5.21 Å². The third-order valence-corrected chi connectivity index (χ3v) is 3.63. The summed E-state index contributed by atoms with van der Waals surface area (Å²) >= 11 is 5.25. The van der Waals surface area contributed by atoms with Gasteiger partial charge in [-0.2, -0.15) is 5.26 Å². The number of nitrogens with zero attached hydrogens (tertiary/aromatic N) is 1. The molecular weight excluding hydrogens is 210 g/mol. The Bertz CT molecular complexity index is 430. The van der Waals surface area contributed by atoms with Crippen LogP contribution in [0.1, 0.15) is 5.56 Å². The van der Waals surface area contributed by atoms with Gasteiger partial charge in [-0.3, -0.25) is 0 Å². The molecule has 0 fully saturated rings. The molecule has 0 spiro atoms. The molecule has 68 valence electrons. The van der Waals surface area contributed by atoms with Gasteiger partial charge in [-0.15, -0.1) is 11.6 Å². The quantitative estimate of drug-likeness (QED) is 0.703. The van der Waals surface area contributed by atoms with Crippen LogP contribution in [0.3, 0.4) is 0 Å². The van der Waals surface area contributed by atoms with Crippen LogP contribution in [0.5, 0.6) is 0 Å². The first-order chi connectivity index (χ1) is 6.10. The van der Waals surface area contributed by atoms with Crippen molar-refractivity contribution in [2.45, 2.75) is 4.90 Å². The highest BCUT2D eigenvalue weighted by molar-refractivity contribution is 7.92. The zero-order chi connectivity index (χ0) is 9.90. The monoisotopic (exact) mass is 215 g/mol. The highest BCUT2D eigenvalue weighted by Crippen LogP contribution is 2.12. The van der Waals surface area contributed by atoms with Gasteiger partial charge in [0.05, 0.1) is 16.5 Å². The average Bonchev–Trinajstić information content (AvgIpc) is 2.18. The molecule has 1 aromatic carbocycles. The Labute approximate surface area is 81.5 Å². The molecule has 0 saturated heterocycles. The van der Waals surface area contributed by atoms with Crippen LogP contribution in [0.4, 0.5) is 0 Å². The van der Waals surface area contributed by atoms with Crippen molar-refractivity contribution < 1.29 is 8.42 Å². The van der Waals surface area contributed by atoms with E-state index in [1.165, 1.54) is 24.3 Å². The number of benzene rings is 1. The fourth-order valence-corrected chi connectivity index (χ4v) is 1.85. The van der Waals surface area contributed by atoms with Gasteiger partial charge in [-0.25, -0.2) is 8.42 Å². The third-order valence-electron chi connectivity index (χ3n) is 1.49. The molecule has 3 nitrogen and oxygen atoms in total. The number of halogens is 1. The predicted molar refractivity (Wildman–Crippen MR) is 49.1 cm³/mol. The summed E-state index contributed by atoms with van der Waals surface area (Å²) in [5.41, 5.74) is 0.425. The summed E-state index contributed by atoms with van der Waals surface area (Å²) in [6.45, 7) is 0. The molecule has 0 aliphatic rings. The topological polar surface area (TPSA) is 57.9 Å². The van der Waals surface area contributed by atoms with E-state index >= 15 is 0 Å². The average molecular weight is 216 g/mol. The first-order valence-electron chi connectivity index (χ1n) is 3.39. The standard InChI is InChI=1S/C8H6ClNO2S/c9-6-13(11,12)8-3-1-7(5-10)2-4-8/h1-4H,6H2. The molecular formula is C8H6ClNO2S. The van der Waals surface area contributed by atoms with Crippen molar-refractivity contribution in [1.82, 2.24) is 0 Å². The molecule has 0 unspecified atom stereocenters. The lowest BCUT2D eigenvalue weighted by Crippen LogP contribution is -2.01. The van der Waals surface area contributed by atoms with Crippen molar-refractivity contribution in [3.05, 3.63) is 29.8 Å². The smallest absolute Gasteiger partial charge is 0.192 e. The van der Waals surface area contributed by atoms with Crippen molar-refractivity contribution in [1.29, 1.82) is 5.26 Å². The largest absolute Gasteiger partial charge is 0.222 e. The third kappa shape index (κ3) is 2.20. The second-order valence-corrected chi connectivity index (χ2v) is 4.93. The number of hydrogen-bond acceptors (Lipinski definition) is 3. The van der Waals surface area contributed by atoms with Gasteiger partial charge in [-0.05, 0) is 24.3 Å². The van der Waals surface area contributed by atoms with E-state index in [4.69, 9.17) is 16.9 Å². The number of nitriles is 1. The number of sulfone groups is 1. The molecule has 0 saturated carbocycles. The Balaban J connectivity index is 3.15. The summed E-state index contributed by atoms with van der Waals surface area (Å²) in [5, 5.41) is 8.02.